The summed E-state index contributed by atoms with van der Waals surface area (Å²) in [5, 5.41) is 12.9. The fraction of sp³-hybridized carbons (Fsp3) is 0.615. The SMILES string of the molecule is CNc1ccncc1S(=O)(=O)N1CCCC(C)(O)CC1. The first-order chi connectivity index (χ1) is 9.37. The van der Waals surface area contributed by atoms with Gasteiger partial charge in [-0.25, -0.2) is 8.42 Å². The average molecular weight is 299 g/mol. The third-order valence-electron chi connectivity index (χ3n) is 3.69. The predicted octanol–water partition coefficient (Wildman–Crippen LogP) is 1.05. The van der Waals surface area contributed by atoms with Crippen molar-refractivity contribution in [2.24, 2.45) is 0 Å². The Labute approximate surface area is 119 Å². The number of nitrogens with one attached hydrogen (secondary N) is 1. The van der Waals surface area contributed by atoms with Crippen molar-refractivity contribution in [2.45, 2.75) is 36.7 Å². The van der Waals surface area contributed by atoms with E-state index in [-0.39, 0.29) is 4.90 Å². The Balaban J connectivity index is 2.30. The van der Waals surface area contributed by atoms with E-state index in [0.29, 0.717) is 38.0 Å². The number of nitrogens with zero attached hydrogens (tertiary/aromatic N) is 2. The van der Waals surface area contributed by atoms with Gasteiger partial charge in [0.05, 0.1) is 11.3 Å². The second kappa shape index (κ2) is 5.67. The number of hydrogen-bond donors (Lipinski definition) is 2. The minimum absolute atomic E-state index is 0.184. The number of pyridine rings is 1. The van der Waals surface area contributed by atoms with Gasteiger partial charge in [0.25, 0.3) is 0 Å². The number of anilines is 1. The molecule has 0 saturated carbocycles. The Hall–Kier alpha value is -1.18. The summed E-state index contributed by atoms with van der Waals surface area (Å²) >= 11 is 0. The molecule has 2 rings (SSSR count). The molecule has 1 aromatic rings. The van der Waals surface area contributed by atoms with Gasteiger partial charge < -0.3 is 10.4 Å². The van der Waals surface area contributed by atoms with Crippen LogP contribution in [0.5, 0.6) is 0 Å². The lowest BCUT2D eigenvalue weighted by molar-refractivity contribution is 0.0465. The van der Waals surface area contributed by atoms with Gasteiger partial charge in [-0.05, 0) is 32.3 Å². The summed E-state index contributed by atoms with van der Waals surface area (Å²) in [6, 6.07) is 1.64. The fourth-order valence-corrected chi connectivity index (χ4v) is 4.03. The predicted molar refractivity (Wildman–Crippen MR) is 77.0 cm³/mol. The van der Waals surface area contributed by atoms with Crippen molar-refractivity contribution in [1.82, 2.24) is 9.29 Å². The number of rotatable bonds is 3. The maximum atomic E-state index is 12.7. The van der Waals surface area contributed by atoms with Gasteiger partial charge in [-0.2, -0.15) is 4.31 Å². The van der Waals surface area contributed by atoms with Crippen LogP contribution in [-0.2, 0) is 10.0 Å². The zero-order valence-electron chi connectivity index (χ0n) is 11.8. The molecule has 0 radical (unpaired) electrons. The van der Waals surface area contributed by atoms with Crippen molar-refractivity contribution in [3.8, 4) is 0 Å². The molecule has 2 heterocycles. The summed E-state index contributed by atoms with van der Waals surface area (Å²) in [7, 11) is -1.90. The molecule has 2 N–H and O–H groups in total. The maximum absolute atomic E-state index is 12.7. The van der Waals surface area contributed by atoms with Crippen LogP contribution in [0.3, 0.4) is 0 Å². The summed E-state index contributed by atoms with van der Waals surface area (Å²) in [5.74, 6) is 0. The number of sulfonamides is 1. The molecular weight excluding hydrogens is 278 g/mol. The van der Waals surface area contributed by atoms with E-state index in [1.807, 2.05) is 0 Å². The van der Waals surface area contributed by atoms with Crippen molar-refractivity contribution in [3.05, 3.63) is 18.5 Å². The Morgan fingerprint density at radius 2 is 2.15 bits per heavy atom. The Morgan fingerprint density at radius 1 is 1.40 bits per heavy atom. The van der Waals surface area contributed by atoms with E-state index in [4.69, 9.17) is 0 Å². The minimum atomic E-state index is -3.58. The zero-order valence-corrected chi connectivity index (χ0v) is 12.7. The summed E-state index contributed by atoms with van der Waals surface area (Å²) in [6.45, 7) is 2.51. The van der Waals surface area contributed by atoms with E-state index in [0.717, 1.165) is 0 Å². The molecule has 1 saturated heterocycles. The van der Waals surface area contributed by atoms with Gasteiger partial charge in [-0.15, -0.1) is 0 Å². The summed E-state index contributed by atoms with van der Waals surface area (Å²) in [6.07, 6.45) is 4.63. The smallest absolute Gasteiger partial charge is 0.246 e. The van der Waals surface area contributed by atoms with Crippen LogP contribution in [0.2, 0.25) is 0 Å². The van der Waals surface area contributed by atoms with Crippen LogP contribution in [0.25, 0.3) is 0 Å². The van der Waals surface area contributed by atoms with Gasteiger partial charge in [-0.3, -0.25) is 4.98 Å². The molecule has 1 fully saturated rings. The zero-order chi connectivity index (χ0) is 14.8. The molecule has 1 aromatic heterocycles. The Kier molecular flexibility index (Phi) is 4.31. The second-order valence-electron chi connectivity index (χ2n) is 5.38. The molecular formula is C13H21N3O3S. The third-order valence-corrected chi connectivity index (χ3v) is 5.62. The maximum Gasteiger partial charge on any atom is 0.246 e. The highest BCUT2D eigenvalue weighted by molar-refractivity contribution is 7.89. The molecule has 1 aliphatic heterocycles. The van der Waals surface area contributed by atoms with Crippen LogP contribution in [0.1, 0.15) is 26.2 Å². The molecule has 7 heteroatoms. The van der Waals surface area contributed by atoms with Crippen LogP contribution in [0, 0.1) is 0 Å². The molecule has 1 aliphatic rings. The van der Waals surface area contributed by atoms with Gasteiger partial charge in [0.2, 0.25) is 10.0 Å². The number of aromatic nitrogens is 1. The van der Waals surface area contributed by atoms with Crippen molar-refractivity contribution in [3.63, 3.8) is 0 Å². The molecule has 0 amide bonds. The van der Waals surface area contributed by atoms with Crippen molar-refractivity contribution < 1.29 is 13.5 Å². The van der Waals surface area contributed by atoms with Crippen LogP contribution in [-0.4, -0.2) is 48.6 Å². The summed E-state index contributed by atoms with van der Waals surface area (Å²) in [4.78, 5) is 4.10. The van der Waals surface area contributed by atoms with Crippen LogP contribution in [0.15, 0.2) is 23.4 Å². The molecule has 0 bridgehead atoms. The monoisotopic (exact) mass is 299 g/mol. The third kappa shape index (κ3) is 3.11. The van der Waals surface area contributed by atoms with Gasteiger partial charge >= 0.3 is 0 Å². The van der Waals surface area contributed by atoms with Crippen molar-refractivity contribution in [2.75, 3.05) is 25.5 Å². The first-order valence-electron chi connectivity index (χ1n) is 6.71. The number of hydrogen-bond acceptors (Lipinski definition) is 5. The lowest BCUT2D eigenvalue weighted by Gasteiger charge is -2.23. The largest absolute Gasteiger partial charge is 0.390 e. The summed E-state index contributed by atoms with van der Waals surface area (Å²) < 4.78 is 26.8. The van der Waals surface area contributed by atoms with Gasteiger partial charge in [0, 0.05) is 32.5 Å². The van der Waals surface area contributed by atoms with Gasteiger partial charge in [0.15, 0.2) is 0 Å². The van der Waals surface area contributed by atoms with Crippen LogP contribution < -0.4 is 5.32 Å². The Morgan fingerprint density at radius 3 is 2.85 bits per heavy atom. The van der Waals surface area contributed by atoms with Gasteiger partial charge in [-0.1, -0.05) is 0 Å². The van der Waals surface area contributed by atoms with E-state index in [1.54, 1.807) is 26.2 Å². The highest BCUT2D eigenvalue weighted by atomic mass is 32.2. The fourth-order valence-electron chi connectivity index (χ4n) is 2.41. The second-order valence-corrected chi connectivity index (χ2v) is 7.28. The summed E-state index contributed by atoms with van der Waals surface area (Å²) in [5.41, 5.74) is -0.249. The highest BCUT2D eigenvalue weighted by Gasteiger charge is 2.32. The molecule has 0 aliphatic carbocycles. The molecule has 0 aromatic carbocycles. The van der Waals surface area contributed by atoms with E-state index in [9.17, 15) is 13.5 Å². The quantitative estimate of drug-likeness (QED) is 0.871. The average Bonchev–Trinajstić information content (AvgIpc) is 2.60. The molecule has 112 valence electrons. The molecule has 20 heavy (non-hydrogen) atoms. The van der Waals surface area contributed by atoms with E-state index < -0.39 is 15.6 Å². The van der Waals surface area contributed by atoms with Crippen molar-refractivity contribution >= 4 is 15.7 Å². The van der Waals surface area contributed by atoms with Gasteiger partial charge in [0.1, 0.15) is 4.90 Å². The van der Waals surface area contributed by atoms with Crippen LogP contribution >= 0.6 is 0 Å². The molecule has 0 spiro atoms. The van der Waals surface area contributed by atoms with E-state index in [2.05, 4.69) is 10.3 Å². The lowest BCUT2D eigenvalue weighted by atomic mass is 9.98. The minimum Gasteiger partial charge on any atom is -0.390 e. The standard InChI is InChI=1S/C13H21N3O3S/c1-13(17)5-3-8-16(9-6-13)20(18,19)12-10-15-7-4-11(12)14-2/h4,7,10,17H,3,5-6,8-9H2,1-2H3,(H,14,15). The molecule has 1 unspecified atom stereocenters. The van der Waals surface area contributed by atoms with Crippen molar-refractivity contribution in [1.29, 1.82) is 0 Å². The normalized spacial score (nSPS) is 25.1. The number of aliphatic hydroxyl groups is 1. The lowest BCUT2D eigenvalue weighted by Crippen LogP contribution is -2.34. The highest BCUT2D eigenvalue weighted by Crippen LogP contribution is 2.28. The van der Waals surface area contributed by atoms with E-state index >= 15 is 0 Å². The van der Waals surface area contributed by atoms with E-state index in [1.165, 1.54) is 10.5 Å². The first-order valence-corrected chi connectivity index (χ1v) is 8.15. The topological polar surface area (TPSA) is 82.5 Å². The van der Waals surface area contributed by atoms with Crippen LogP contribution in [0.4, 0.5) is 5.69 Å². The Bertz CT molecular complexity index is 572. The first kappa shape index (κ1) is 15.2. The molecule has 1 atom stereocenters. The molecule has 6 nitrogen and oxygen atoms in total.